The van der Waals surface area contributed by atoms with Gasteiger partial charge < -0.3 is 9.80 Å². The topological polar surface area (TPSA) is 58.4 Å². The standard InChI is InChI=1S/C19H18ClF3N4O2S/c1-2-13(28)25-5-7-26(8-6-25)17-11-10-12(19(21,22)23)14(20)16-15(11)27(18(29)24-17)4-3-9-30-16/h2,10H,1,3-9H2. The number of benzene rings is 1. The molecule has 1 saturated heterocycles. The lowest BCUT2D eigenvalue weighted by atomic mass is 10.1. The normalized spacial score (nSPS) is 17.2. The van der Waals surface area contributed by atoms with E-state index in [-0.39, 0.29) is 27.0 Å². The van der Waals surface area contributed by atoms with Gasteiger partial charge >= 0.3 is 11.9 Å². The number of nitrogens with zero attached hydrogens (tertiary/aromatic N) is 4. The number of carbonyl (C=O) groups excluding carboxylic acids is 1. The number of alkyl halides is 3. The fraction of sp³-hybridized carbons (Fsp3) is 0.421. The molecule has 0 spiro atoms. The molecule has 0 N–H and O–H groups in total. The fourth-order valence-electron chi connectivity index (χ4n) is 3.82. The number of amides is 1. The molecule has 2 aliphatic heterocycles. The van der Waals surface area contributed by atoms with Gasteiger partial charge in [0.15, 0.2) is 0 Å². The summed E-state index contributed by atoms with van der Waals surface area (Å²) in [6, 6.07) is 0.993. The molecule has 11 heteroatoms. The second-order valence-corrected chi connectivity index (χ2v) is 8.53. The van der Waals surface area contributed by atoms with Crippen molar-refractivity contribution < 1.29 is 18.0 Å². The van der Waals surface area contributed by atoms with Crippen LogP contribution in [0.2, 0.25) is 5.02 Å². The number of carbonyl (C=O) groups is 1. The molecule has 0 saturated carbocycles. The summed E-state index contributed by atoms with van der Waals surface area (Å²) in [5, 5.41) is -0.132. The zero-order chi connectivity index (χ0) is 21.6. The lowest BCUT2D eigenvalue weighted by Gasteiger charge is -2.35. The molecule has 1 fully saturated rings. The van der Waals surface area contributed by atoms with Gasteiger partial charge in [-0.05, 0) is 24.3 Å². The molecular formula is C19H18ClF3N4O2S. The maximum Gasteiger partial charge on any atom is 0.417 e. The minimum absolute atomic E-state index is 0.197. The summed E-state index contributed by atoms with van der Waals surface area (Å²) in [4.78, 5) is 32.3. The molecule has 160 valence electrons. The predicted molar refractivity (Wildman–Crippen MR) is 110 cm³/mol. The molecule has 0 aliphatic carbocycles. The largest absolute Gasteiger partial charge is 0.417 e. The van der Waals surface area contributed by atoms with Gasteiger partial charge in [-0.25, -0.2) is 4.79 Å². The molecule has 0 radical (unpaired) electrons. The number of halogens is 4. The first-order valence-corrected chi connectivity index (χ1v) is 10.7. The Hall–Kier alpha value is -2.20. The number of hydrogen-bond acceptors (Lipinski definition) is 5. The van der Waals surface area contributed by atoms with E-state index in [0.717, 1.165) is 6.07 Å². The molecule has 3 heterocycles. The second kappa shape index (κ2) is 7.81. The number of anilines is 1. The van der Waals surface area contributed by atoms with Crippen LogP contribution in [0, 0.1) is 0 Å². The van der Waals surface area contributed by atoms with Crippen LogP contribution in [0.1, 0.15) is 12.0 Å². The van der Waals surface area contributed by atoms with Crippen LogP contribution in [-0.2, 0) is 17.5 Å². The highest BCUT2D eigenvalue weighted by molar-refractivity contribution is 7.99. The average Bonchev–Trinajstić information content (AvgIpc) is 2.95. The highest BCUT2D eigenvalue weighted by Gasteiger charge is 2.37. The van der Waals surface area contributed by atoms with Crippen LogP contribution < -0.4 is 10.6 Å². The maximum absolute atomic E-state index is 13.7. The van der Waals surface area contributed by atoms with Crippen molar-refractivity contribution in [2.75, 3.05) is 36.8 Å². The summed E-state index contributed by atoms with van der Waals surface area (Å²) >= 11 is 7.40. The molecule has 0 unspecified atom stereocenters. The van der Waals surface area contributed by atoms with Crippen molar-refractivity contribution >= 4 is 46.0 Å². The Kier molecular flexibility index (Phi) is 5.48. The van der Waals surface area contributed by atoms with E-state index in [1.807, 2.05) is 0 Å². The molecular weight excluding hydrogens is 441 g/mol. The van der Waals surface area contributed by atoms with Crippen LogP contribution in [0.5, 0.6) is 0 Å². The lowest BCUT2D eigenvalue weighted by Crippen LogP contribution is -2.49. The number of rotatable bonds is 2. The minimum atomic E-state index is -4.64. The third-order valence-electron chi connectivity index (χ3n) is 5.28. The van der Waals surface area contributed by atoms with Crippen molar-refractivity contribution in [2.24, 2.45) is 0 Å². The average molecular weight is 459 g/mol. The highest BCUT2D eigenvalue weighted by atomic mass is 35.5. The van der Waals surface area contributed by atoms with Gasteiger partial charge in [-0.1, -0.05) is 18.2 Å². The molecule has 1 aromatic heterocycles. The molecule has 6 nitrogen and oxygen atoms in total. The first kappa shape index (κ1) is 21.0. The van der Waals surface area contributed by atoms with Crippen LogP contribution in [0.25, 0.3) is 10.9 Å². The van der Waals surface area contributed by atoms with Crippen LogP contribution >= 0.6 is 23.4 Å². The summed E-state index contributed by atoms with van der Waals surface area (Å²) in [5.74, 6) is 0.538. The van der Waals surface area contributed by atoms with Crippen molar-refractivity contribution in [2.45, 2.75) is 24.0 Å². The molecule has 0 bridgehead atoms. The van der Waals surface area contributed by atoms with Crippen LogP contribution in [-0.4, -0.2) is 52.3 Å². The minimum Gasteiger partial charge on any atom is -0.352 e. The Labute approximate surface area is 179 Å². The predicted octanol–water partition coefficient (Wildman–Crippen LogP) is 3.40. The van der Waals surface area contributed by atoms with Gasteiger partial charge in [-0.3, -0.25) is 9.36 Å². The van der Waals surface area contributed by atoms with Gasteiger partial charge in [-0.15, -0.1) is 11.8 Å². The smallest absolute Gasteiger partial charge is 0.352 e. The molecule has 1 amide bonds. The van der Waals surface area contributed by atoms with E-state index in [2.05, 4.69) is 11.6 Å². The number of aromatic nitrogens is 2. The summed E-state index contributed by atoms with van der Waals surface area (Å²) in [7, 11) is 0. The van der Waals surface area contributed by atoms with Gasteiger partial charge in [0.2, 0.25) is 5.91 Å². The summed E-state index contributed by atoms with van der Waals surface area (Å²) in [6.07, 6.45) is -2.79. The van der Waals surface area contributed by atoms with Crippen LogP contribution in [0.3, 0.4) is 0 Å². The van der Waals surface area contributed by atoms with E-state index >= 15 is 0 Å². The maximum atomic E-state index is 13.7. The number of hydrogen-bond donors (Lipinski definition) is 0. The van der Waals surface area contributed by atoms with E-state index in [1.54, 1.807) is 9.80 Å². The fourth-order valence-corrected chi connectivity index (χ4v) is 5.31. The van der Waals surface area contributed by atoms with E-state index in [1.165, 1.54) is 22.4 Å². The first-order chi connectivity index (χ1) is 14.2. The van der Waals surface area contributed by atoms with Crippen molar-refractivity contribution in [3.63, 3.8) is 0 Å². The number of aryl methyl sites for hydroxylation is 1. The third kappa shape index (κ3) is 3.56. The van der Waals surface area contributed by atoms with Gasteiger partial charge in [-0.2, -0.15) is 18.2 Å². The zero-order valence-corrected chi connectivity index (χ0v) is 17.4. The quantitative estimate of drug-likeness (QED) is 0.646. The Morgan fingerprint density at radius 2 is 1.93 bits per heavy atom. The summed E-state index contributed by atoms with van der Waals surface area (Å²) in [5.41, 5.74) is -1.05. The number of thioether (sulfide) groups is 1. The van der Waals surface area contributed by atoms with Crippen molar-refractivity contribution in [3.8, 4) is 0 Å². The third-order valence-corrected chi connectivity index (χ3v) is 6.96. The van der Waals surface area contributed by atoms with Gasteiger partial charge in [0.1, 0.15) is 5.82 Å². The molecule has 2 aromatic rings. The Bertz CT molecular complexity index is 1090. The molecule has 4 rings (SSSR count). The Morgan fingerprint density at radius 1 is 1.23 bits per heavy atom. The van der Waals surface area contributed by atoms with Gasteiger partial charge in [0.05, 0.1) is 21.0 Å². The monoisotopic (exact) mass is 458 g/mol. The Morgan fingerprint density at radius 3 is 2.57 bits per heavy atom. The van der Waals surface area contributed by atoms with Crippen molar-refractivity contribution in [3.05, 3.63) is 39.8 Å². The molecule has 0 atom stereocenters. The lowest BCUT2D eigenvalue weighted by molar-refractivity contribution is -0.137. The zero-order valence-electron chi connectivity index (χ0n) is 15.8. The number of piperazine rings is 1. The molecule has 30 heavy (non-hydrogen) atoms. The van der Waals surface area contributed by atoms with Gasteiger partial charge in [0, 0.05) is 38.1 Å². The van der Waals surface area contributed by atoms with Crippen molar-refractivity contribution in [1.29, 1.82) is 0 Å². The van der Waals surface area contributed by atoms with E-state index in [0.29, 0.717) is 50.4 Å². The van der Waals surface area contributed by atoms with E-state index in [4.69, 9.17) is 11.6 Å². The van der Waals surface area contributed by atoms with Crippen LogP contribution in [0.15, 0.2) is 28.4 Å². The highest BCUT2D eigenvalue weighted by Crippen LogP contribution is 2.46. The van der Waals surface area contributed by atoms with E-state index < -0.39 is 17.4 Å². The first-order valence-electron chi connectivity index (χ1n) is 9.35. The summed E-state index contributed by atoms with van der Waals surface area (Å²) < 4.78 is 42.5. The van der Waals surface area contributed by atoms with E-state index in [9.17, 15) is 22.8 Å². The van der Waals surface area contributed by atoms with Gasteiger partial charge in [0.25, 0.3) is 0 Å². The summed E-state index contributed by atoms with van der Waals surface area (Å²) in [6.45, 7) is 5.24. The Balaban J connectivity index is 1.90. The second-order valence-electron chi connectivity index (χ2n) is 7.05. The van der Waals surface area contributed by atoms with Crippen LogP contribution in [0.4, 0.5) is 19.0 Å². The molecule has 1 aromatic carbocycles. The van der Waals surface area contributed by atoms with Crippen molar-refractivity contribution in [1.82, 2.24) is 14.5 Å². The SMILES string of the molecule is C=CC(=O)N1CCN(c2nc(=O)n3c4c(c(Cl)c(C(F)(F)F)cc24)SCCC3)CC1. The molecule has 2 aliphatic rings.